The summed E-state index contributed by atoms with van der Waals surface area (Å²) in [7, 11) is 1.60. The Kier molecular flexibility index (Phi) is 5.06. The first-order valence-corrected chi connectivity index (χ1v) is 6.92. The molecule has 3 nitrogen and oxygen atoms in total. The summed E-state index contributed by atoms with van der Waals surface area (Å²) < 4.78 is 5.24. The van der Waals surface area contributed by atoms with Crippen LogP contribution in [0.4, 0.5) is 11.4 Å². The molecule has 20 heavy (non-hydrogen) atoms. The van der Waals surface area contributed by atoms with E-state index in [1.165, 1.54) is 0 Å². The van der Waals surface area contributed by atoms with Gasteiger partial charge in [-0.25, -0.2) is 0 Å². The van der Waals surface area contributed by atoms with Gasteiger partial charge in [0, 0.05) is 5.02 Å². The van der Waals surface area contributed by atoms with Crippen LogP contribution in [0.15, 0.2) is 42.5 Å². The van der Waals surface area contributed by atoms with Gasteiger partial charge < -0.3 is 15.4 Å². The number of hydrogen-bond acceptors (Lipinski definition) is 2. The lowest BCUT2D eigenvalue weighted by atomic mass is 10.3. The van der Waals surface area contributed by atoms with E-state index >= 15 is 0 Å². The van der Waals surface area contributed by atoms with Crippen LogP contribution in [0, 0.1) is 0 Å². The first-order valence-electron chi connectivity index (χ1n) is 5.76. The van der Waals surface area contributed by atoms with Gasteiger partial charge in [-0.05, 0) is 42.5 Å². The number of benzene rings is 2. The molecular weight excluding hydrogens is 315 g/mol. The maximum absolute atomic E-state index is 6.07. The van der Waals surface area contributed by atoms with E-state index in [2.05, 4.69) is 10.6 Å². The molecule has 0 radical (unpaired) electrons. The van der Waals surface area contributed by atoms with Crippen molar-refractivity contribution in [3.63, 3.8) is 0 Å². The fraction of sp³-hybridized carbons (Fsp3) is 0.0714. The Bertz CT molecular complexity index is 634. The Hall–Kier alpha value is -1.49. The van der Waals surface area contributed by atoms with E-state index < -0.39 is 0 Å². The second kappa shape index (κ2) is 6.79. The molecular formula is C14H12Cl2N2OS. The van der Waals surface area contributed by atoms with Gasteiger partial charge in [-0.3, -0.25) is 0 Å². The van der Waals surface area contributed by atoms with E-state index in [4.69, 9.17) is 40.2 Å². The Labute approximate surface area is 132 Å². The SMILES string of the molecule is COc1ccccc1NC(=S)Nc1cc(Cl)ccc1Cl. The highest BCUT2D eigenvalue weighted by Crippen LogP contribution is 2.27. The summed E-state index contributed by atoms with van der Waals surface area (Å²) in [4.78, 5) is 0. The largest absolute Gasteiger partial charge is 0.495 e. The molecule has 0 atom stereocenters. The lowest BCUT2D eigenvalue weighted by molar-refractivity contribution is 0.417. The molecule has 0 aliphatic heterocycles. The number of thiocarbonyl (C=S) groups is 1. The van der Waals surface area contributed by atoms with Crippen molar-refractivity contribution in [2.24, 2.45) is 0 Å². The summed E-state index contributed by atoms with van der Waals surface area (Å²) >= 11 is 17.2. The van der Waals surface area contributed by atoms with Crippen molar-refractivity contribution in [1.82, 2.24) is 0 Å². The molecule has 0 bridgehead atoms. The predicted octanol–water partition coefficient (Wildman–Crippen LogP) is 4.81. The van der Waals surface area contributed by atoms with Crippen LogP contribution < -0.4 is 15.4 Å². The monoisotopic (exact) mass is 326 g/mol. The second-order valence-electron chi connectivity index (χ2n) is 3.90. The third-order valence-corrected chi connectivity index (χ3v) is 3.30. The maximum Gasteiger partial charge on any atom is 0.175 e. The molecule has 104 valence electrons. The summed E-state index contributed by atoms with van der Waals surface area (Å²) in [5.41, 5.74) is 1.41. The molecule has 0 aliphatic rings. The third kappa shape index (κ3) is 3.76. The van der Waals surface area contributed by atoms with Crippen LogP contribution in [0.5, 0.6) is 5.75 Å². The van der Waals surface area contributed by atoms with Gasteiger partial charge in [0.15, 0.2) is 5.11 Å². The molecule has 2 aromatic carbocycles. The maximum atomic E-state index is 6.07. The third-order valence-electron chi connectivity index (χ3n) is 2.53. The van der Waals surface area contributed by atoms with E-state index in [9.17, 15) is 0 Å². The summed E-state index contributed by atoms with van der Waals surface area (Å²) in [6, 6.07) is 12.6. The smallest absolute Gasteiger partial charge is 0.175 e. The zero-order chi connectivity index (χ0) is 14.5. The van der Waals surface area contributed by atoms with Crippen molar-refractivity contribution in [3.05, 3.63) is 52.5 Å². The van der Waals surface area contributed by atoms with Crippen LogP contribution in [0.25, 0.3) is 0 Å². The lowest BCUT2D eigenvalue weighted by Gasteiger charge is -2.14. The first kappa shape index (κ1) is 14.9. The molecule has 2 N–H and O–H groups in total. The zero-order valence-electron chi connectivity index (χ0n) is 10.6. The average Bonchev–Trinajstić information content (AvgIpc) is 2.43. The Morgan fingerprint density at radius 3 is 2.50 bits per heavy atom. The fourth-order valence-corrected chi connectivity index (χ4v) is 2.17. The fourth-order valence-electron chi connectivity index (χ4n) is 1.62. The number of ether oxygens (including phenoxy) is 1. The van der Waals surface area contributed by atoms with E-state index in [1.54, 1.807) is 25.3 Å². The second-order valence-corrected chi connectivity index (χ2v) is 5.16. The van der Waals surface area contributed by atoms with Crippen molar-refractivity contribution in [1.29, 1.82) is 0 Å². The molecule has 0 spiro atoms. The zero-order valence-corrected chi connectivity index (χ0v) is 12.9. The molecule has 0 unspecified atom stereocenters. The van der Waals surface area contributed by atoms with Gasteiger partial charge in [-0.2, -0.15) is 0 Å². The standard InChI is InChI=1S/C14H12Cl2N2OS/c1-19-13-5-3-2-4-11(13)17-14(20)18-12-8-9(15)6-7-10(12)16/h2-8H,1H3,(H2,17,18,20). The highest BCUT2D eigenvalue weighted by atomic mass is 35.5. The minimum Gasteiger partial charge on any atom is -0.495 e. The predicted molar refractivity (Wildman–Crippen MR) is 89.3 cm³/mol. The van der Waals surface area contributed by atoms with Crippen LogP contribution in [0.1, 0.15) is 0 Å². The van der Waals surface area contributed by atoms with E-state index in [1.807, 2.05) is 24.3 Å². The summed E-state index contributed by atoms with van der Waals surface area (Å²) in [5, 5.41) is 7.57. The topological polar surface area (TPSA) is 33.3 Å². The van der Waals surface area contributed by atoms with Crippen LogP contribution in [-0.4, -0.2) is 12.2 Å². The van der Waals surface area contributed by atoms with Gasteiger partial charge in [0.05, 0.1) is 23.5 Å². The van der Waals surface area contributed by atoms with E-state index in [0.29, 0.717) is 26.6 Å². The summed E-state index contributed by atoms with van der Waals surface area (Å²) in [6.45, 7) is 0. The lowest BCUT2D eigenvalue weighted by Crippen LogP contribution is -2.19. The molecule has 0 saturated heterocycles. The van der Waals surface area contributed by atoms with Gasteiger partial charge in [-0.15, -0.1) is 0 Å². The molecule has 6 heteroatoms. The highest BCUT2D eigenvalue weighted by Gasteiger charge is 2.06. The van der Waals surface area contributed by atoms with Gasteiger partial charge in [0.2, 0.25) is 0 Å². The molecule has 0 aliphatic carbocycles. The van der Waals surface area contributed by atoms with Crippen molar-refractivity contribution in [3.8, 4) is 5.75 Å². The first-order chi connectivity index (χ1) is 9.60. The van der Waals surface area contributed by atoms with Crippen LogP contribution in [0.3, 0.4) is 0 Å². The van der Waals surface area contributed by atoms with E-state index in [-0.39, 0.29) is 0 Å². The highest BCUT2D eigenvalue weighted by molar-refractivity contribution is 7.80. The molecule has 0 fully saturated rings. The summed E-state index contributed by atoms with van der Waals surface area (Å²) in [5.74, 6) is 0.703. The van der Waals surface area contributed by atoms with Gasteiger partial charge in [0.1, 0.15) is 5.75 Å². The molecule has 0 amide bonds. The number of rotatable bonds is 3. The Morgan fingerprint density at radius 2 is 1.75 bits per heavy atom. The van der Waals surface area contributed by atoms with Crippen molar-refractivity contribution in [2.75, 3.05) is 17.7 Å². The average molecular weight is 327 g/mol. The number of hydrogen-bond donors (Lipinski definition) is 2. The number of anilines is 2. The van der Waals surface area contributed by atoms with Crippen molar-refractivity contribution >= 4 is 51.9 Å². The van der Waals surface area contributed by atoms with Crippen LogP contribution >= 0.6 is 35.4 Å². The number of para-hydroxylation sites is 2. The van der Waals surface area contributed by atoms with Crippen LogP contribution in [-0.2, 0) is 0 Å². The van der Waals surface area contributed by atoms with Gasteiger partial charge in [0.25, 0.3) is 0 Å². The molecule has 2 rings (SSSR count). The number of halogens is 2. The summed E-state index contributed by atoms with van der Waals surface area (Å²) in [6.07, 6.45) is 0. The van der Waals surface area contributed by atoms with Crippen molar-refractivity contribution in [2.45, 2.75) is 0 Å². The van der Waals surface area contributed by atoms with Gasteiger partial charge in [-0.1, -0.05) is 35.3 Å². The Morgan fingerprint density at radius 1 is 1.05 bits per heavy atom. The van der Waals surface area contributed by atoms with Crippen LogP contribution in [0.2, 0.25) is 10.0 Å². The molecule has 0 aromatic heterocycles. The minimum absolute atomic E-state index is 0.402. The van der Waals surface area contributed by atoms with Crippen molar-refractivity contribution < 1.29 is 4.74 Å². The van der Waals surface area contributed by atoms with E-state index in [0.717, 1.165) is 5.69 Å². The molecule has 0 saturated carbocycles. The number of methoxy groups -OCH3 is 1. The molecule has 2 aromatic rings. The quantitative estimate of drug-likeness (QED) is 0.793. The minimum atomic E-state index is 0.402. The normalized spacial score (nSPS) is 9.95. The molecule has 0 heterocycles. The Balaban J connectivity index is 2.11. The van der Waals surface area contributed by atoms with Gasteiger partial charge >= 0.3 is 0 Å². The number of nitrogens with one attached hydrogen (secondary N) is 2.